The van der Waals surface area contributed by atoms with Gasteiger partial charge < -0.3 is 9.64 Å². The first-order chi connectivity index (χ1) is 18.8. The van der Waals surface area contributed by atoms with Crippen LogP contribution in [0.5, 0.6) is 0 Å². The van der Waals surface area contributed by atoms with Gasteiger partial charge in [0.05, 0.1) is 40.8 Å². The molecule has 39 heavy (non-hydrogen) atoms. The number of carbonyl (C=O) groups is 1. The molecule has 2 saturated heterocycles. The van der Waals surface area contributed by atoms with E-state index in [1.807, 2.05) is 12.1 Å². The van der Waals surface area contributed by atoms with Crippen LogP contribution in [0.3, 0.4) is 0 Å². The van der Waals surface area contributed by atoms with Gasteiger partial charge in [0.2, 0.25) is 0 Å². The molecule has 1 aliphatic carbocycles. The van der Waals surface area contributed by atoms with Crippen molar-refractivity contribution in [3.8, 4) is 16.9 Å². The second kappa shape index (κ2) is 9.44. The number of nitrogens with zero attached hydrogens (tertiary/aromatic N) is 4. The van der Waals surface area contributed by atoms with Gasteiger partial charge >= 0.3 is 0 Å². The standard InChI is InChI=1S/C29H31ClN4O4S/c30-21-6-9-23-25(16-21)39(36,37)18-24-26(28(35)33-14-15-38-29(19-33)10-11-29)31-34(27(23)24)22-7-4-20(5-8-22)17-32-12-2-1-3-13-32/h4-9,16H,1-3,10-15,17-19H2. The zero-order valence-corrected chi connectivity index (χ0v) is 23.3. The fraction of sp³-hybridized carbons (Fsp3) is 0.448. The van der Waals surface area contributed by atoms with E-state index in [-0.39, 0.29) is 27.9 Å². The number of sulfone groups is 1. The number of fused-ring (bicyclic) bond motifs is 3. The molecule has 1 amide bonds. The number of rotatable bonds is 4. The lowest BCUT2D eigenvalue weighted by Crippen LogP contribution is -2.47. The Morgan fingerprint density at radius 1 is 1.03 bits per heavy atom. The number of halogens is 1. The van der Waals surface area contributed by atoms with E-state index in [9.17, 15) is 13.2 Å². The third-order valence-corrected chi connectivity index (χ3v) is 10.3. The maximum Gasteiger partial charge on any atom is 0.274 e. The minimum Gasteiger partial charge on any atom is -0.371 e. The number of hydrogen-bond acceptors (Lipinski definition) is 6. The molecule has 3 aliphatic heterocycles. The van der Waals surface area contributed by atoms with Crippen LogP contribution < -0.4 is 0 Å². The maximum absolute atomic E-state index is 13.9. The van der Waals surface area contributed by atoms with E-state index < -0.39 is 9.84 Å². The Hall–Kier alpha value is -2.72. The minimum absolute atomic E-state index is 0.174. The predicted molar refractivity (Wildman–Crippen MR) is 148 cm³/mol. The number of ether oxygens (including phenoxy) is 1. The van der Waals surface area contributed by atoms with E-state index in [1.54, 1.807) is 21.7 Å². The third-order valence-electron chi connectivity index (χ3n) is 8.43. The smallest absolute Gasteiger partial charge is 0.274 e. The highest BCUT2D eigenvalue weighted by atomic mass is 35.5. The summed E-state index contributed by atoms with van der Waals surface area (Å²) in [4.78, 5) is 18.3. The van der Waals surface area contributed by atoms with E-state index in [4.69, 9.17) is 21.4 Å². The molecule has 8 nitrogen and oxygen atoms in total. The first-order valence-electron chi connectivity index (χ1n) is 13.7. The fourth-order valence-corrected chi connectivity index (χ4v) is 8.02. The number of amides is 1. The van der Waals surface area contributed by atoms with Gasteiger partial charge in [-0.15, -0.1) is 0 Å². The lowest BCUT2D eigenvalue weighted by atomic mass is 10.0. The highest BCUT2D eigenvalue weighted by Gasteiger charge is 2.49. The van der Waals surface area contributed by atoms with Gasteiger partial charge in [0, 0.05) is 29.2 Å². The van der Waals surface area contributed by atoms with Crippen molar-refractivity contribution in [1.29, 1.82) is 0 Å². The molecule has 3 aromatic rings. The van der Waals surface area contributed by atoms with Gasteiger partial charge in [0.1, 0.15) is 0 Å². The van der Waals surface area contributed by atoms with Crippen LogP contribution in [0, 0.1) is 0 Å². The lowest BCUT2D eigenvalue weighted by molar-refractivity contribution is -0.0377. The summed E-state index contributed by atoms with van der Waals surface area (Å²) < 4.78 is 34.4. The summed E-state index contributed by atoms with van der Waals surface area (Å²) in [5.41, 5.74) is 3.57. The number of likely N-dealkylation sites (tertiary alicyclic amines) is 1. The predicted octanol–water partition coefficient (Wildman–Crippen LogP) is 4.47. The minimum atomic E-state index is -3.71. The maximum atomic E-state index is 13.9. The van der Waals surface area contributed by atoms with Crippen molar-refractivity contribution >= 4 is 27.3 Å². The SMILES string of the molecule is O=C(c1nn(-c2ccc(CN3CCCCC3)cc2)c2c1CS(=O)(=O)c1cc(Cl)ccc1-2)N1CCOC2(CC2)C1. The van der Waals surface area contributed by atoms with Crippen LogP contribution in [0.1, 0.15) is 53.7 Å². The molecular formula is C29H31ClN4O4S. The average Bonchev–Trinajstić information content (AvgIpc) is 3.57. The van der Waals surface area contributed by atoms with Crippen molar-refractivity contribution in [2.45, 2.75) is 54.9 Å². The lowest BCUT2D eigenvalue weighted by Gasteiger charge is -2.33. The molecule has 0 radical (unpaired) electrons. The number of benzene rings is 2. The number of morpholine rings is 1. The van der Waals surface area contributed by atoms with Crippen molar-refractivity contribution in [2.24, 2.45) is 0 Å². The molecule has 1 aromatic heterocycles. The Kier molecular flexibility index (Phi) is 6.11. The van der Waals surface area contributed by atoms with E-state index >= 15 is 0 Å². The molecule has 1 saturated carbocycles. The van der Waals surface area contributed by atoms with Crippen LogP contribution in [0.15, 0.2) is 47.4 Å². The Morgan fingerprint density at radius 3 is 2.54 bits per heavy atom. The van der Waals surface area contributed by atoms with Gasteiger partial charge in [-0.2, -0.15) is 5.10 Å². The summed E-state index contributed by atoms with van der Waals surface area (Å²) in [5, 5.41) is 5.17. The normalized spacial score (nSPS) is 21.4. The zero-order valence-electron chi connectivity index (χ0n) is 21.7. The number of carbonyl (C=O) groups excluding carboxylic acids is 1. The molecule has 4 aliphatic rings. The quantitative estimate of drug-likeness (QED) is 0.463. The van der Waals surface area contributed by atoms with Gasteiger partial charge in [0.15, 0.2) is 15.5 Å². The Bertz CT molecular complexity index is 1560. The fourth-order valence-electron chi connectivity index (χ4n) is 6.17. The summed E-state index contributed by atoms with van der Waals surface area (Å²) in [7, 11) is -3.71. The molecule has 10 heteroatoms. The number of hydrogen-bond donors (Lipinski definition) is 0. The molecule has 0 N–H and O–H groups in total. The van der Waals surface area contributed by atoms with E-state index in [1.165, 1.54) is 30.9 Å². The zero-order chi connectivity index (χ0) is 26.8. The molecule has 4 heterocycles. The van der Waals surface area contributed by atoms with E-state index in [2.05, 4.69) is 17.0 Å². The second-order valence-electron chi connectivity index (χ2n) is 11.2. The summed E-state index contributed by atoms with van der Waals surface area (Å²) in [6, 6.07) is 13.1. The molecule has 0 unspecified atom stereocenters. The van der Waals surface area contributed by atoms with Gasteiger partial charge in [-0.05, 0) is 68.6 Å². The second-order valence-corrected chi connectivity index (χ2v) is 13.6. The van der Waals surface area contributed by atoms with Crippen LogP contribution >= 0.6 is 11.6 Å². The van der Waals surface area contributed by atoms with Gasteiger partial charge in [-0.25, -0.2) is 13.1 Å². The molecule has 2 aromatic carbocycles. The Balaban J connectivity index is 1.31. The van der Waals surface area contributed by atoms with Crippen LogP contribution in [-0.4, -0.2) is 72.3 Å². The van der Waals surface area contributed by atoms with Crippen LogP contribution in [0.25, 0.3) is 16.9 Å². The van der Waals surface area contributed by atoms with E-state index in [0.717, 1.165) is 38.2 Å². The monoisotopic (exact) mass is 566 g/mol. The highest BCUT2D eigenvalue weighted by Crippen LogP contribution is 2.44. The molecule has 1 spiro atoms. The van der Waals surface area contributed by atoms with Gasteiger partial charge in [-0.3, -0.25) is 9.69 Å². The summed E-state index contributed by atoms with van der Waals surface area (Å²) >= 11 is 6.21. The highest BCUT2D eigenvalue weighted by molar-refractivity contribution is 7.91. The van der Waals surface area contributed by atoms with Crippen LogP contribution in [-0.2, 0) is 26.9 Å². The van der Waals surface area contributed by atoms with Crippen molar-refractivity contribution in [3.05, 3.63) is 64.3 Å². The molecule has 204 valence electrons. The summed E-state index contributed by atoms with van der Waals surface area (Å²) in [6.45, 7) is 4.60. The summed E-state index contributed by atoms with van der Waals surface area (Å²) in [6.07, 6.45) is 5.66. The molecule has 3 fully saturated rings. The van der Waals surface area contributed by atoms with Crippen LogP contribution in [0.4, 0.5) is 0 Å². The molecule has 7 rings (SSSR count). The first-order valence-corrected chi connectivity index (χ1v) is 15.7. The number of piperidine rings is 1. The molecular weight excluding hydrogens is 536 g/mol. The third kappa shape index (κ3) is 4.59. The Morgan fingerprint density at radius 2 is 1.79 bits per heavy atom. The van der Waals surface area contributed by atoms with E-state index in [0.29, 0.717) is 41.5 Å². The molecule has 0 bridgehead atoms. The van der Waals surface area contributed by atoms with Crippen molar-refractivity contribution < 1.29 is 17.9 Å². The van der Waals surface area contributed by atoms with Gasteiger partial charge in [-0.1, -0.05) is 36.2 Å². The van der Waals surface area contributed by atoms with Gasteiger partial charge in [0.25, 0.3) is 5.91 Å². The Labute approximate surface area is 233 Å². The molecule has 0 atom stereocenters. The first kappa shape index (κ1) is 25.3. The summed E-state index contributed by atoms with van der Waals surface area (Å²) in [5.74, 6) is -0.534. The number of aromatic nitrogens is 2. The average molecular weight is 567 g/mol. The van der Waals surface area contributed by atoms with Crippen molar-refractivity contribution in [2.75, 3.05) is 32.8 Å². The largest absolute Gasteiger partial charge is 0.371 e. The van der Waals surface area contributed by atoms with Crippen molar-refractivity contribution in [3.63, 3.8) is 0 Å². The van der Waals surface area contributed by atoms with Crippen molar-refractivity contribution in [1.82, 2.24) is 19.6 Å². The topological polar surface area (TPSA) is 84.7 Å². The van der Waals surface area contributed by atoms with Crippen LogP contribution in [0.2, 0.25) is 5.02 Å².